The van der Waals surface area contributed by atoms with Gasteiger partial charge in [0, 0.05) is 30.4 Å². The fourth-order valence-electron chi connectivity index (χ4n) is 1.88. The lowest BCUT2D eigenvalue weighted by molar-refractivity contribution is 0.479. The Morgan fingerprint density at radius 3 is 2.47 bits per heavy atom. The Morgan fingerprint density at radius 1 is 1.05 bits per heavy atom. The van der Waals surface area contributed by atoms with Gasteiger partial charge in [0.1, 0.15) is 11.6 Å². The smallest absolute Gasteiger partial charge is 0.125 e. The van der Waals surface area contributed by atoms with E-state index in [1.54, 1.807) is 12.1 Å². The van der Waals surface area contributed by atoms with Crippen LogP contribution in [-0.4, -0.2) is 19.2 Å². The molecule has 0 spiro atoms. The lowest BCUT2D eigenvalue weighted by atomic mass is 10.2. The van der Waals surface area contributed by atoms with Crippen LogP contribution in [0.15, 0.2) is 36.4 Å². The molecule has 0 amide bonds. The fourth-order valence-corrected chi connectivity index (χ4v) is 3.27. The molecule has 2 aromatic carbocycles. The van der Waals surface area contributed by atoms with Crippen LogP contribution in [0.25, 0.3) is 0 Å². The zero-order valence-corrected chi connectivity index (χ0v) is 12.2. The second-order valence-corrected chi connectivity index (χ2v) is 6.03. The minimum absolute atomic E-state index is 0.245. The van der Waals surface area contributed by atoms with Crippen LogP contribution >= 0.6 is 8.58 Å². The predicted molar refractivity (Wildman–Crippen MR) is 81.2 cm³/mol. The van der Waals surface area contributed by atoms with Crippen LogP contribution in [0.2, 0.25) is 0 Å². The van der Waals surface area contributed by atoms with Crippen LogP contribution in [0.3, 0.4) is 0 Å². The zero-order valence-electron chi connectivity index (χ0n) is 11.2. The number of benzene rings is 2. The van der Waals surface area contributed by atoms with Gasteiger partial charge < -0.3 is 10.0 Å². The summed E-state index contributed by atoms with van der Waals surface area (Å²) in [6.07, 6.45) is 0. The fraction of sp³-hybridized carbons (Fsp3) is 0.200. The Labute approximate surface area is 114 Å². The van der Waals surface area contributed by atoms with Crippen molar-refractivity contribution in [3.05, 3.63) is 47.8 Å². The van der Waals surface area contributed by atoms with Gasteiger partial charge >= 0.3 is 0 Å². The number of halogens is 1. The van der Waals surface area contributed by atoms with Gasteiger partial charge in [-0.05, 0) is 37.3 Å². The van der Waals surface area contributed by atoms with E-state index in [2.05, 4.69) is 0 Å². The molecule has 19 heavy (non-hydrogen) atoms. The summed E-state index contributed by atoms with van der Waals surface area (Å²) in [4.78, 5) is 1.89. The molecule has 0 saturated heterocycles. The summed E-state index contributed by atoms with van der Waals surface area (Å²) in [5, 5.41) is 11.8. The van der Waals surface area contributed by atoms with Crippen molar-refractivity contribution in [2.75, 3.05) is 19.0 Å². The standard InChI is InChI=1S/C15H17FNOP/c1-10-4-6-13(18)15(8-10)19-14-7-5-11(16)9-12(14)17(2)3/h4-9,18-19H,1-3H3. The van der Waals surface area contributed by atoms with Crippen molar-refractivity contribution in [2.24, 2.45) is 0 Å². The third kappa shape index (κ3) is 3.24. The van der Waals surface area contributed by atoms with Crippen molar-refractivity contribution >= 4 is 24.9 Å². The quantitative estimate of drug-likeness (QED) is 0.872. The number of nitrogens with zero attached hydrogens (tertiary/aromatic N) is 1. The maximum Gasteiger partial charge on any atom is 0.125 e. The zero-order chi connectivity index (χ0) is 14.0. The van der Waals surface area contributed by atoms with Gasteiger partial charge in [0.05, 0.1) is 0 Å². The van der Waals surface area contributed by atoms with Crippen molar-refractivity contribution in [3.8, 4) is 5.75 Å². The Balaban J connectivity index is 2.40. The van der Waals surface area contributed by atoms with Crippen LogP contribution in [-0.2, 0) is 0 Å². The summed E-state index contributed by atoms with van der Waals surface area (Å²) >= 11 is 0. The summed E-state index contributed by atoms with van der Waals surface area (Å²) in [5.74, 6) is 0.0451. The number of aryl methyl sites for hydroxylation is 1. The van der Waals surface area contributed by atoms with Gasteiger partial charge in [0.2, 0.25) is 0 Å². The summed E-state index contributed by atoms with van der Waals surface area (Å²) in [6.45, 7) is 1.99. The van der Waals surface area contributed by atoms with Gasteiger partial charge in [-0.15, -0.1) is 0 Å². The van der Waals surface area contributed by atoms with Crippen LogP contribution in [0.4, 0.5) is 10.1 Å². The summed E-state index contributed by atoms with van der Waals surface area (Å²) in [7, 11) is 4.08. The highest BCUT2D eigenvalue weighted by atomic mass is 31.1. The van der Waals surface area contributed by atoms with E-state index in [1.807, 2.05) is 38.1 Å². The molecule has 0 aliphatic heterocycles. The van der Waals surface area contributed by atoms with Gasteiger partial charge in [0.25, 0.3) is 0 Å². The van der Waals surface area contributed by atoms with Gasteiger partial charge in [-0.25, -0.2) is 4.39 Å². The van der Waals surface area contributed by atoms with Gasteiger partial charge in [0.15, 0.2) is 0 Å². The van der Waals surface area contributed by atoms with Crippen molar-refractivity contribution in [3.63, 3.8) is 0 Å². The molecule has 0 aliphatic carbocycles. The molecular weight excluding hydrogens is 260 g/mol. The first kappa shape index (κ1) is 13.8. The molecule has 0 aromatic heterocycles. The number of phenols is 1. The molecule has 2 rings (SSSR count). The first-order valence-electron chi connectivity index (χ1n) is 6.01. The molecule has 2 aromatic rings. The minimum atomic E-state index is -0.245. The molecule has 0 aliphatic rings. The largest absolute Gasteiger partial charge is 0.507 e. The maximum atomic E-state index is 13.3. The molecule has 100 valence electrons. The number of aromatic hydroxyl groups is 1. The Hall–Kier alpha value is -1.60. The minimum Gasteiger partial charge on any atom is -0.507 e. The molecule has 0 heterocycles. The van der Waals surface area contributed by atoms with Crippen molar-refractivity contribution in [1.29, 1.82) is 0 Å². The number of anilines is 1. The highest BCUT2D eigenvalue weighted by Crippen LogP contribution is 2.24. The average molecular weight is 277 g/mol. The first-order chi connectivity index (χ1) is 8.97. The van der Waals surface area contributed by atoms with E-state index in [4.69, 9.17) is 0 Å². The SMILES string of the molecule is Cc1ccc(O)c(Pc2ccc(F)cc2N(C)C)c1. The number of rotatable bonds is 3. The Kier molecular flexibility index (Phi) is 4.06. The van der Waals surface area contributed by atoms with Crippen molar-refractivity contribution < 1.29 is 9.50 Å². The van der Waals surface area contributed by atoms with Gasteiger partial charge in [-0.1, -0.05) is 20.2 Å². The molecule has 2 nitrogen and oxygen atoms in total. The number of hydrogen-bond acceptors (Lipinski definition) is 2. The van der Waals surface area contributed by atoms with Crippen molar-refractivity contribution in [1.82, 2.24) is 0 Å². The molecule has 0 radical (unpaired) electrons. The van der Waals surface area contributed by atoms with E-state index in [1.165, 1.54) is 12.1 Å². The normalized spacial score (nSPS) is 11.2. The third-order valence-corrected chi connectivity index (χ3v) is 4.22. The average Bonchev–Trinajstić information content (AvgIpc) is 2.35. The number of hydrogen-bond donors (Lipinski definition) is 1. The maximum absolute atomic E-state index is 13.3. The molecule has 1 N–H and O–H groups in total. The lowest BCUT2D eigenvalue weighted by Crippen LogP contribution is -2.18. The highest BCUT2D eigenvalue weighted by Gasteiger charge is 2.09. The molecule has 4 heteroatoms. The number of phenolic OH excluding ortho intramolecular Hbond substituents is 1. The predicted octanol–water partition coefficient (Wildman–Crippen LogP) is 2.54. The first-order valence-corrected chi connectivity index (χ1v) is 7.01. The molecule has 0 saturated carbocycles. The second-order valence-electron chi connectivity index (χ2n) is 4.70. The lowest BCUT2D eigenvalue weighted by Gasteiger charge is -2.18. The van der Waals surface area contributed by atoms with Gasteiger partial charge in [-0.3, -0.25) is 0 Å². The topological polar surface area (TPSA) is 23.5 Å². The van der Waals surface area contributed by atoms with E-state index in [9.17, 15) is 9.50 Å². The van der Waals surface area contributed by atoms with Crippen LogP contribution in [0.1, 0.15) is 5.56 Å². The van der Waals surface area contributed by atoms with E-state index in [0.717, 1.165) is 21.9 Å². The molecule has 0 fully saturated rings. The van der Waals surface area contributed by atoms with E-state index >= 15 is 0 Å². The molecule has 1 unspecified atom stereocenters. The summed E-state index contributed by atoms with van der Waals surface area (Å²) < 4.78 is 13.3. The van der Waals surface area contributed by atoms with Crippen molar-refractivity contribution in [2.45, 2.75) is 6.92 Å². The van der Waals surface area contributed by atoms with Crippen LogP contribution in [0.5, 0.6) is 5.75 Å². The Bertz CT molecular complexity index is 599. The molecule has 1 atom stereocenters. The third-order valence-electron chi connectivity index (χ3n) is 2.86. The molecular formula is C15H17FNOP. The van der Waals surface area contributed by atoms with Crippen LogP contribution < -0.4 is 15.5 Å². The highest BCUT2D eigenvalue weighted by molar-refractivity contribution is 7.56. The van der Waals surface area contributed by atoms with E-state index in [-0.39, 0.29) is 11.6 Å². The van der Waals surface area contributed by atoms with E-state index in [0.29, 0.717) is 8.58 Å². The Morgan fingerprint density at radius 2 is 1.79 bits per heavy atom. The second kappa shape index (κ2) is 5.58. The monoisotopic (exact) mass is 277 g/mol. The van der Waals surface area contributed by atoms with E-state index < -0.39 is 0 Å². The molecule has 0 bridgehead atoms. The van der Waals surface area contributed by atoms with Crippen LogP contribution in [0, 0.1) is 12.7 Å². The summed E-state index contributed by atoms with van der Waals surface area (Å²) in [6, 6.07) is 10.3. The van der Waals surface area contributed by atoms with Gasteiger partial charge in [-0.2, -0.15) is 0 Å². The summed E-state index contributed by atoms with van der Waals surface area (Å²) in [5.41, 5.74) is 1.95.